The fraction of sp³-hybridized carbons (Fsp3) is 0.625. The summed E-state index contributed by atoms with van der Waals surface area (Å²) in [4.78, 5) is 0. The summed E-state index contributed by atoms with van der Waals surface area (Å²) in [7, 11) is -7.11. The van der Waals surface area contributed by atoms with E-state index in [0.29, 0.717) is 44.7 Å². The molecule has 2 aliphatic heterocycles. The van der Waals surface area contributed by atoms with Crippen LogP contribution in [0, 0.1) is 0 Å². The van der Waals surface area contributed by atoms with E-state index in [4.69, 9.17) is 9.47 Å². The zero-order chi connectivity index (χ0) is 18.7. The average molecular weight is 405 g/mol. The molecule has 0 atom stereocenters. The number of sulfonamides is 2. The molecule has 0 aliphatic carbocycles. The number of rotatable bonds is 7. The lowest BCUT2D eigenvalue weighted by Gasteiger charge is -2.36. The zero-order valence-corrected chi connectivity index (χ0v) is 16.1. The van der Waals surface area contributed by atoms with Crippen LogP contribution in [-0.4, -0.2) is 65.5 Å². The van der Waals surface area contributed by atoms with E-state index in [1.807, 2.05) is 0 Å². The first-order valence-corrected chi connectivity index (χ1v) is 11.8. The maximum atomic E-state index is 12.4. The molecule has 1 spiro atoms. The first kappa shape index (κ1) is 19.7. The molecule has 0 unspecified atom stereocenters. The number of benzene rings is 1. The van der Waals surface area contributed by atoms with Gasteiger partial charge < -0.3 is 9.47 Å². The van der Waals surface area contributed by atoms with Crippen molar-refractivity contribution < 1.29 is 26.3 Å². The van der Waals surface area contributed by atoms with Gasteiger partial charge in [0.05, 0.1) is 24.7 Å². The molecule has 1 aromatic carbocycles. The highest BCUT2D eigenvalue weighted by molar-refractivity contribution is 7.89. The molecule has 2 aliphatic rings. The highest BCUT2D eigenvalue weighted by Gasteiger charge is 2.42. The largest absolute Gasteiger partial charge is 0.347 e. The number of hydrogen-bond acceptors (Lipinski definition) is 6. The van der Waals surface area contributed by atoms with Crippen LogP contribution >= 0.6 is 0 Å². The standard InChI is InChI=1S/C16H24N2O6S2/c19-25(20,14-15-4-2-1-3-5-15)17-8-13-26(21,22)18-9-6-16(7-10-18)23-11-12-24-16/h1-5,17H,6-14H2. The van der Waals surface area contributed by atoms with E-state index < -0.39 is 25.8 Å². The number of ether oxygens (including phenoxy) is 2. The number of nitrogens with one attached hydrogen (secondary N) is 1. The summed E-state index contributed by atoms with van der Waals surface area (Å²) in [5.41, 5.74) is 0.653. The number of nitrogens with zero attached hydrogens (tertiary/aromatic N) is 1. The van der Waals surface area contributed by atoms with Gasteiger partial charge in [0.25, 0.3) is 0 Å². The highest BCUT2D eigenvalue weighted by atomic mass is 32.2. The van der Waals surface area contributed by atoms with Crippen LogP contribution in [0.2, 0.25) is 0 Å². The molecule has 2 heterocycles. The summed E-state index contributed by atoms with van der Waals surface area (Å²) in [6.07, 6.45) is 0.984. The van der Waals surface area contributed by atoms with Crippen molar-refractivity contribution in [1.29, 1.82) is 0 Å². The maximum absolute atomic E-state index is 12.4. The van der Waals surface area contributed by atoms with Crippen molar-refractivity contribution in [3.05, 3.63) is 35.9 Å². The van der Waals surface area contributed by atoms with Crippen LogP contribution in [0.25, 0.3) is 0 Å². The van der Waals surface area contributed by atoms with E-state index in [0.717, 1.165) is 0 Å². The SMILES string of the molecule is O=S(=O)(Cc1ccccc1)NCCS(=O)(=O)N1CCC2(CC1)OCCO2. The summed E-state index contributed by atoms with van der Waals surface area (Å²) >= 11 is 0. The van der Waals surface area contributed by atoms with E-state index in [1.54, 1.807) is 30.3 Å². The third-order valence-corrected chi connectivity index (χ3v) is 7.80. The second kappa shape index (κ2) is 7.91. The van der Waals surface area contributed by atoms with E-state index >= 15 is 0 Å². The van der Waals surface area contributed by atoms with Gasteiger partial charge in [-0.1, -0.05) is 30.3 Å². The van der Waals surface area contributed by atoms with Gasteiger partial charge in [-0.05, 0) is 5.56 Å². The maximum Gasteiger partial charge on any atom is 0.215 e. The predicted octanol–water partition coefficient (Wildman–Crippen LogP) is 0.275. The predicted molar refractivity (Wildman–Crippen MR) is 96.3 cm³/mol. The summed E-state index contributed by atoms with van der Waals surface area (Å²) in [6.45, 7) is 1.57. The van der Waals surface area contributed by atoms with Crippen molar-refractivity contribution in [2.45, 2.75) is 24.4 Å². The summed E-state index contributed by atoms with van der Waals surface area (Å²) in [6, 6.07) is 8.76. The second-order valence-electron chi connectivity index (χ2n) is 6.46. The average Bonchev–Trinajstić information content (AvgIpc) is 3.03. The van der Waals surface area contributed by atoms with Gasteiger partial charge in [0, 0.05) is 32.5 Å². The van der Waals surface area contributed by atoms with Crippen molar-refractivity contribution in [1.82, 2.24) is 9.03 Å². The Kier molecular flexibility index (Phi) is 6.00. The molecule has 26 heavy (non-hydrogen) atoms. The van der Waals surface area contributed by atoms with Gasteiger partial charge in [0.2, 0.25) is 20.0 Å². The van der Waals surface area contributed by atoms with Crippen LogP contribution in [-0.2, 0) is 35.3 Å². The highest BCUT2D eigenvalue weighted by Crippen LogP contribution is 2.32. The number of hydrogen-bond donors (Lipinski definition) is 1. The Hall–Kier alpha value is -1.04. The van der Waals surface area contributed by atoms with E-state index in [1.165, 1.54) is 4.31 Å². The third-order valence-electron chi connectivity index (χ3n) is 4.57. The molecule has 0 amide bonds. The molecule has 0 aromatic heterocycles. The Morgan fingerprint density at radius 2 is 1.62 bits per heavy atom. The molecule has 2 fully saturated rings. The fourth-order valence-corrected chi connectivity index (χ4v) is 5.82. The van der Waals surface area contributed by atoms with Crippen molar-refractivity contribution in [2.75, 3.05) is 38.6 Å². The van der Waals surface area contributed by atoms with E-state index in [2.05, 4.69) is 4.72 Å². The minimum Gasteiger partial charge on any atom is -0.347 e. The zero-order valence-electron chi connectivity index (χ0n) is 14.5. The van der Waals surface area contributed by atoms with Gasteiger partial charge in [-0.25, -0.2) is 25.9 Å². The quantitative estimate of drug-likeness (QED) is 0.700. The van der Waals surface area contributed by atoms with E-state index in [9.17, 15) is 16.8 Å². The Labute approximate surface area is 154 Å². The Balaban J connectivity index is 1.47. The monoisotopic (exact) mass is 404 g/mol. The molecular formula is C16H24N2O6S2. The first-order chi connectivity index (χ1) is 12.3. The van der Waals surface area contributed by atoms with Gasteiger partial charge in [-0.2, -0.15) is 0 Å². The minimum atomic E-state index is -3.58. The molecule has 0 radical (unpaired) electrons. The van der Waals surface area contributed by atoms with E-state index in [-0.39, 0.29) is 18.1 Å². The van der Waals surface area contributed by atoms with Crippen LogP contribution in [0.3, 0.4) is 0 Å². The van der Waals surface area contributed by atoms with Crippen molar-refractivity contribution in [3.8, 4) is 0 Å². The minimum absolute atomic E-state index is 0.147. The Morgan fingerprint density at radius 1 is 1.00 bits per heavy atom. The van der Waals surface area contributed by atoms with Gasteiger partial charge in [-0.15, -0.1) is 0 Å². The number of piperidine rings is 1. The second-order valence-corrected chi connectivity index (χ2v) is 10.4. The topological polar surface area (TPSA) is 102 Å². The summed E-state index contributed by atoms with van der Waals surface area (Å²) in [5, 5.41) is 0. The smallest absolute Gasteiger partial charge is 0.215 e. The van der Waals surface area contributed by atoms with Gasteiger partial charge in [0.1, 0.15) is 0 Å². The summed E-state index contributed by atoms with van der Waals surface area (Å²) in [5.74, 6) is -1.08. The lowest BCUT2D eigenvalue weighted by atomic mass is 10.1. The molecule has 1 aromatic rings. The lowest BCUT2D eigenvalue weighted by Crippen LogP contribution is -2.48. The van der Waals surface area contributed by atoms with Crippen LogP contribution in [0.1, 0.15) is 18.4 Å². The Morgan fingerprint density at radius 3 is 2.23 bits per heavy atom. The molecule has 2 saturated heterocycles. The van der Waals surface area contributed by atoms with Gasteiger partial charge >= 0.3 is 0 Å². The lowest BCUT2D eigenvalue weighted by molar-refractivity contribution is -0.179. The Bertz CT molecular complexity index is 794. The van der Waals surface area contributed by atoms with Crippen LogP contribution in [0.15, 0.2) is 30.3 Å². The van der Waals surface area contributed by atoms with Crippen LogP contribution < -0.4 is 4.72 Å². The first-order valence-electron chi connectivity index (χ1n) is 8.57. The van der Waals surface area contributed by atoms with Crippen molar-refractivity contribution in [2.24, 2.45) is 0 Å². The summed E-state index contributed by atoms with van der Waals surface area (Å²) < 4.78 is 64.0. The molecule has 0 bridgehead atoms. The molecule has 10 heteroatoms. The van der Waals surface area contributed by atoms with Gasteiger partial charge in [-0.3, -0.25) is 0 Å². The molecule has 0 saturated carbocycles. The van der Waals surface area contributed by atoms with Gasteiger partial charge in [0.15, 0.2) is 5.79 Å². The molecular weight excluding hydrogens is 380 g/mol. The van der Waals surface area contributed by atoms with Crippen molar-refractivity contribution >= 4 is 20.0 Å². The molecule has 3 rings (SSSR count). The van der Waals surface area contributed by atoms with Crippen LogP contribution in [0.4, 0.5) is 0 Å². The molecule has 1 N–H and O–H groups in total. The van der Waals surface area contributed by atoms with Crippen LogP contribution in [0.5, 0.6) is 0 Å². The van der Waals surface area contributed by atoms with Crippen molar-refractivity contribution in [3.63, 3.8) is 0 Å². The fourth-order valence-electron chi connectivity index (χ4n) is 3.19. The molecule has 146 valence electrons. The molecule has 8 nitrogen and oxygen atoms in total. The third kappa shape index (κ3) is 5.02. The normalized spacial score (nSPS) is 21.2.